The van der Waals surface area contributed by atoms with E-state index >= 15 is 0 Å². The maximum atomic E-state index is 11.6. The second-order valence-electron chi connectivity index (χ2n) is 5.20. The summed E-state index contributed by atoms with van der Waals surface area (Å²) in [5.41, 5.74) is 2.62. The number of aromatic nitrogens is 1. The molecule has 1 saturated carbocycles. The molecular formula is C16H17N3O2. The van der Waals surface area contributed by atoms with Gasteiger partial charge in [0, 0.05) is 17.3 Å². The molecule has 5 heteroatoms. The van der Waals surface area contributed by atoms with Gasteiger partial charge in [0.1, 0.15) is 5.75 Å². The quantitative estimate of drug-likeness (QED) is 0.788. The lowest BCUT2D eigenvalue weighted by Crippen LogP contribution is -2.13. The smallest absolute Gasteiger partial charge is 0.227 e. The van der Waals surface area contributed by atoms with E-state index in [-0.39, 0.29) is 17.6 Å². The molecule has 0 unspecified atom stereocenters. The summed E-state index contributed by atoms with van der Waals surface area (Å²) in [6.45, 7) is 0.577. The third-order valence-electron chi connectivity index (χ3n) is 3.38. The summed E-state index contributed by atoms with van der Waals surface area (Å²) in [4.78, 5) is 15.7. The first kappa shape index (κ1) is 13.4. The summed E-state index contributed by atoms with van der Waals surface area (Å²) in [6, 6.07) is 11.0. The Balaban J connectivity index is 1.54. The molecular weight excluding hydrogens is 266 g/mol. The largest absolute Gasteiger partial charge is 0.506 e. The summed E-state index contributed by atoms with van der Waals surface area (Å²) in [5.74, 6) is 0.488. The van der Waals surface area contributed by atoms with Gasteiger partial charge in [-0.15, -0.1) is 0 Å². The Hall–Kier alpha value is -2.56. The van der Waals surface area contributed by atoms with Gasteiger partial charge in [0.15, 0.2) is 0 Å². The van der Waals surface area contributed by atoms with Gasteiger partial charge in [0.05, 0.1) is 18.4 Å². The van der Waals surface area contributed by atoms with Gasteiger partial charge in [0.25, 0.3) is 0 Å². The summed E-state index contributed by atoms with van der Waals surface area (Å²) < 4.78 is 0. The number of carbonyl (C=O) groups excluding carboxylic acids is 1. The number of nitrogens with zero attached hydrogens (tertiary/aromatic N) is 1. The van der Waals surface area contributed by atoms with Gasteiger partial charge in [-0.25, -0.2) is 0 Å². The van der Waals surface area contributed by atoms with Gasteiger partial charge in [-0.1, -0.05) is 0 Å². The average Bonchev–Trinajstić information content (AvgIpc) is 3.33. The maximum Gasteiger partial charge on any atom is 0.227 e. The summed E-state index contributed by atoms with van der Waals surface area (Å²) in [6.07, 6.45) is 3.43. The molecule has 0 bridgehead atoms. The van der Waals surface area contributed by atoms with Crippen LogP contribution in [0.4, 0.5) is 11.4 Å². The fourth-order valence-electron chi connectivity index (χ4n) is 1.98. The Labute approximate surface area is 123 Å². The summed E-state index contributed by atoms with van der Waals surface area (Å²) in [5, 5.41) is 15.3. The number of amides is 1. The van der Waals surface area contributed by atoms with E-state index in [1.807, 2.05) is 24.3 Å². The minimum absolute atomic E-state index is 0.115. The number of anilines is 2. The van der Waals surface area contributed by atoms with Crippen LogP contribution in [0.3, 0.4) is 0 Å². The molecule has 21 heavy (non-hydrogen) atoms. The maximum absolute atomic E-state index is 11.6. The third-order valence-corrected chi connectivity index (χ3v) is 3.38. The topological polar surface area (TPSA) is 74.2 Å². The number of carbonyl (C=O) groups is 1. The van der Waals surface area contributed by atoms with E-state index in [9.17, 15) is 9.90 Å². The third kappa shape index (κ3) is 3.72. The van der Waals surface area contributed by atoms with Crippen molar-refractivity contribution in [3.63, 3.8) is 0 Å². The van der Waals surface area contributed by atoms with Crippen molar-refractivity contribution >= 4 is 17.3 Å². The zero-order chi connectivity index (χ0) is 14.7. The van der Waals surface area contributed by atoms with E-state index in [1.54, 1.807) is 12.1 Å². The van der Waals surface area contributed by atoms with Crippen molar-refractivity contribution in [2.75, 3.05) is 10.6 Å². The van der Waals surface area contributed by atoms with Crippen LogP contribution in [0, 0.1) is 5.92 Å². The van der Waals surface area contributed by atoms with E-state index in [0.717, 1.165) is 29.9 Å². The Morgan fingerprint density at radius 2 is 1.86 bits per heavy atom. The first-order chi connectivity index (χ1) is 10.2. The molecule has 5 nitrogen and oxygen atoms in total. The minimum Gasteiger partial charge on any atom is -0.506 e. The van der Waals surface area contributed by atoms with Crippen LogP contribution < -0.4 is 10.6 Å². The highest BCUT2D eigenvalue weighted by atomic mass is 16.3. The van der Waals surface area contributed by atoms with Gasteiger partial charge < -0.3 is 15.7 Å². The van der Waals surface area contributed by atoms with E-state index < -0.39 is 0 Å². The number of rotatable bonds is 5. The van der Waals surface area contributed by atoms with Gasteiger partial charge >= 0.3 is 0 Å². The number of aromatic hydroxyl groups is 1. The first-order valence-electron chi connectivity index (χ1n) is 6.99. The highest BCUT2D eigenvalue weighted by molar-refractivity contribution is 5.94. The van der Waals surface area contributed by atoms with Crippen LogP contribution in [0.25, 0.3) is 0 Å². The van der Waals surface area contributed by atoms with Gasteiger partial charge in [-0.05, 0) is 49.2 Å². The molecule has 1 amide bonds. The van der Waals surface area contributed by atoms with Crippen LogP contribution in [0.2, 0.25) is 0 Å². The number of benzene rings is 1. The molecule has 3 rings (SSSR count). The molecule has 1 aromatic carbocycles. The lowest BCUT2D eigenvalue weighted by atomic mass is 10.2. The first-order valence-corrected chi connectivity index (χ1v) is 6.99. The molecule has 0 saturated heterocycles. The van der Waals surface area contributed by atoms with Crippen molar-refractivity contribution in [1.29, 1.82) is 0 Å². The second-order valence-corrected chi connectivity index (χ2v) is 5.20. The monoisotopic (exact) mass is 283 g/mol. The van der Waals surface area contributed by atoms with Crippen LogP contribution in [0.5, 0.6) is 5.75 Å². The van der Waals surface area contributed by atoms with E-state index in [4.69, 9.17) is 0 Å². The summed E-state index contributed by atoms with van der Waals surface area (Å²) in [7, 11) is 0. The molecule has 0 atom stereocenters. The molecule has 0 radical (unpaired) electrons. The lowest BCUT2D eigenvalue weighted by molar-refractivity contribution is -0.117. The van der Waals surface area contributed by atoms with Crippen molar-refractivity contribution in [3.8, 4) is 5.75 Å². The molecule has 1 aromatic heterocycles. The Morgan fingerprint density at radius 3 is 2.48 bits per heavy atom. The van der Waals surface area contributed by atoms with Crippen molar-refractivity contribution in [1.82, 2.24) is 4.98 Å². The van der Waals surface area contributed by atoms with E-state index in [2.05, 4.69) is 15.6 Å². The second kappa shape index (κ2) is 5.83. The van der Waals surface area contributed by atoms with Crippen molar-refractivity contribution in [2.45, 2.75) is 19.4 Å². The van der Waals surface area contributed by atoms with Crippen molar-refractivity contribution < 1.29 is 9.90 Å². The Kier molecular flexibility index (Phi) is 3.73. The van der Waals surface area contributed by atoms with E-state index in [0.29, 0.717) is 6.54 Å². The molecule has 108 valence electrons. The molecule has 0 spiro atoms. The molecule has 1 aliphatic rings. The molecule has 1 heterocycles. The van der Waals surface area contributed by atoms with Crippen molar-refractivity contribution in [3.05, 3.63) is 48.3 Å². The fourth-order valence-corrected chi connectivity index (χ4v) is 1.98. The van der Waals surface area contributed by atoms with E-state index in [1.165, 1.54) is 6.20 Å². The molecule has 0 aliphatic heterocycles. The number of hydrogen-bond acceptors (Lipinski definition) is 4. The molecule has 2 aromatic rings. The van der Waals surface area contributed by atoms with Crippen LogP contribution >= 0.6 is 0 Å². The predicted octanol–water partition coefficient (Wildman–Crippen LogP) is 2.75. The molecule has 1 aliphatic carbocycles. The van der Waals surface area contributed by atoms with Crippen LogP contribution in [-0.2, 0) is 11.3 Å². The fraction of sp³-hybridized carbons (Fsp3) is 0.250. The average molecular weight is 283 g/mol. The lowest BCUT2D eigenvalue weighted by Gasteiger charge is -2.08. The van der Waals surface area contributed by atoms with Gasteiger partial charge in [-0.3, -0.25) is 9.78 Å². The number of hydrogen-bond donors (Lipinski definition) is 3. The normalized spacial score (nSPS) is 13.7. The SMILES string of the molecule is O=C(Nc1ccc(NCc2ccc(O)cn2)cc1)C1CC1. The zero-order valence-corrected chi connectivity index (χ0v) is 11.5. The number of nitrogens with one attached hydrogen (secondary N) is 2. The van der Waals surface area contributed by atoms with Gasteiger partial charge in [-0.2, -0.15) is 0 Å². The summed E-state index contributed by atoms with van der Waals surface area (Å²) >= 11 is 0. The molecule has 3 N–H and O–H groups in total. The number of pyridine rings is 1. The Morgan fingerprint density at radius 1 is 1.14 bits per heavy atom. The standard InChI is InChI=1S/C16H17N3O2/c20-15-8-7-14(18-10-15)9-17-12-3-5-13(6-4-12)19-16(21)11-1-2-11/h3-8,10-11,17,20H,1-2,9H2,(H,19,21). The van der Waals surface area contributed by atoms with Gasteiger partial charge in [0.2, 0.25) is 5.91 Å². The minimum atomic E-state index is 0.115. The van der Waals surface area contributed by atoms with Crippen LogP contribution in [0.15, 0.2) is 42.6 Å². The predicted molar refractivity (Wildman–Crippen MR) is 81.0 cm³/mol. The highest BCUT2D eigenvalue weighted by Gasteiger charge is 2.29. The molecule has 1 fully saturated rings. The van der Waals surface area contributed by atoms with Crippen LogP contribution in [0.1, 0.15) is 18.5 Å². The highest BCUT2D eigenvalue weighted by Crippen LogP contribution is 2.30. The van der Waals surface area contributed by atoms with Crippen molar-refractivity contribution in [2.24, 2.45) is 5.92 Å². The Bertz CT molecular complexity index is 619. The zero-order valence-electron chi connectivity index (χ0n) is 11.5. The van der Waals surface area contributed by atoms with Crippen LogP contribution in [-0.4, -0.2) is 16.0 Å².